The highest BCUT2D eigenvalue weighted by Crippen LogP contribution is 2.31. The topological polar surface area (TPSA) is 58.1 Å². The molecule has 166 valence electrons. The Morgan fingerprint density at radius 3 is 2.72 bits per heavy atom. The van der Waals surface area contributed by atoms with Crippen molar-refractivity contribution in [3.8, 4) is 5.75 Å². The largest absolute Gasteiger partial charge is 0.495 e. The van der Waals surface area contributed by atoms with Gasteiger partial charge in [0.15, 0.2) is 5.96 Å². The summed E-state index contributed by atoms with van der Waals surface area (Å²) in [7, 11) is 1.74. The molecular weight excluding hydrogens is 479 g/mol. The first-order valence-electron chi connectivity index (χ1n) is 10.8. The highest BCUT2D eigenvalue weighted by atomic mass is 127. The van der Waals surface area contributed by atoms with Crippen molar-refractivity contribution in [2.75, 3.05) is 57.9 Å². The summed E-state index contributed by atoms with van der Waals surface area (Å²) in [6.07, 6.45) is 4.49. The number of para-hydroxylation sites is 2. The second-order valence-electron chi connectivity index (χ2n) is 7.24. The number of anilines is 1. The smallest absolute Gasteiger partial charge is 0.191 e. The Hall–Kier alpha value is -1.22. The normalized spacial score (nSPS) is 16.4. The van der Waals surface area contributed by atoms with Crippen molar-refractivity contribution in [3.05, 3.63) is 24.3 Å². The second kappa shape index (κ2) is 15.6. The average Bonchev–Trinajstić information content (AvgIpc) is 3.20. The van der Waals surface area contributed by atoms with Gasteiger partial charge in [0, 0.05) is 45.9 Å². The first-order chi connectivity index (χ1) is 13.8. The molecule has 1 aliphatic heterocycles. The van der Waals surface area contributed by atoms with Crippen molar-refractivity contribution >= 4 is 35.6 Å². The van der Waals surface area contributed by atoms with Crippen LogP contribution in [0.15, 0.2) is 29.3 Å². The second-order valence-corrected chi connectivity index (χ2v) is 7.24. The van der Waals surface area contributed by atoms with Crippen LogP contribution >= 0.6 is 24.0 Å². The van der Waals surface area contributed by atoms with Crippen molar-refractivity contribution in [3.63, 3.8) is 0 Å². The number of hydrogen-bond donors (Lipinski definition) is 2. The first-order valence-corrected chi connectivity index (χ1v) is 10.8. The third-order valence-electron chi connectivity index (χ3n) is 4.96. The molecule has 2 rings (SSSR count). The summed E-state index contributed by atoms with van der Waals surface area (Å²) in [6, 6.07) is 8.25. The summed E-state index contributed by atoms with van der Waals surface area (Å²) >= 11 is 0. The zero-order chi connectivity index (χ0) is 20.0. The van der Waals surface area contributed by atoms with E-state index in [2.05, 4.69) is 41.5 Å². The van der Waals surface area contributed by atoms with Crippen LogP contribution in [-0.4, -0.2) is 59.0 Å². The molecule has 1 saturated heterocycles. The van der Waals surface area contributed by atoms with Crippen molar-refractivity contribution in [2.24, 2.45) is 10.9 Å². The van der Waals surface area contributed by atoms with E-state index in [0.29, 0.717) is 5.92 Å². The van der Waals surface area contributed by atoms with E-state index in [0.717, 1.165) is 76.9 Å². The minimum Gasteiger partial charge on any atom is -0.495 e. The molecule has 0 bridgehead atoms. The van der Waals surface area contributed by atoms with Crippen LogP contribution in [0.25, 0.3) is 0 Å². The van der Waals surface area contributed by atoms with Crippen LogP contribution in [0.4, 0.5) is 5.69 Å². The van der Waals surface area contributed by atoms with Gasteiger partial charge in [0.25, 0.3) is 0 Å². The molecular formula is C22H39IN4O2. The third-order valence-corrected chi connectivity index (χ3v) is 4.96. The Labute approximate surface area is 193 Å². The van der Waals surface area contributed by atoms with Gasteiger partial charge in [0.05, 0.1) is 12.8 Å². The van der Waals surface area contributed by atoms with Gasteiger partial charge in [-0.25, -0.2) is 0 Å². The van der Waals surface area contributed by atoms with Gasteiger partial charge in [0.1, 0.15) is 5.75 Å². The van der Waals surface area contributed by atoms with E-state index in [4.69, 9.17) is 14.5 Å². The monoisotopic (exact) mass is 518 g/mol. The van der Waals surface area contributed by atoms with Crippen LogP contribution in [0.3, 0.4) is 0 Å². The predicted octanol–water partition coefficient (Wildman–Crippen LogP) is 3.90. The molecule has 1 aromatic carbocycles. The average molecular weight is 518 g/mol. The molecule has 1 heterocycles. The maximum absolute atomic E-state index is 5.61. The third kappa shape index (κ3) is 9.42. The van der Waals surface area contributed by atoms with Crippen molar-refractivity contribution < 1.29 is 9.47 Å². The summed E-state index contributed by atoms with van der Waals surface area (Å²) in [5.41, 5.74) is 1.18. The summed E-state index contributed by atoms with van der Waals surface area (Å²) in [6.45, 7) is 10.6. The van der Waals surface area contributed by atoms with Gasteiger partial charge in [0.2, 0.25) is 0 Å². The van der Waals surface area contributed by atoms with E-state index in [-0.39, 0.29) is 24.0 Å². The molecule has 1 fully saturated rings. The number of nitrogens with zero attached hydrogens (tertiary/aromatic N) is 2. The maximum Gasteiger partial charge on any atom is 0.191 e. The number of aliphatic imine (C=N–C) groups is 1. The van der Waals surface area contributed by atoms with E-state index >= 15 is 0 Å². The standard InChI is InChI=1S/C22H38N4O2.HI/c1-4-6-15-28-16-9-13-24-22(23-5-2)25-17-19-12-14-26(18-19)20-10-7-8-11-21(20)27-3;/h7-8,10-11,19H,4-6,9,12-18H2,1-3H3,(H2,23,24,25);1H. The summed E-state index contributed by atoms with van der Waals surface area (Å²) < 4.78 is 11.1. The molecule has 1 unspecified atom stereocenters. The number of methoxy groups -OCH3 is 1. The fourth-order valence-corrected chi connectivity index (χ4v) is 3.38. The Morgan fingerprint density at radius 2 is 1.97 bits per heavy atom. The van der Waals surface area contributed by atoms with Gasteiger partial charge in [-0.05, 0) is 44.2 Å². The molecule has 0 radical (unpaired) electrons. The molecule has 0 aromatic heterocycles. The molecule has 1 atom stereocenters. The molecule has 29 heavy (non-hydrogen) atoms. The number of halogens is 1. The summed E-state index contributed by atoms with van der Waals surface area (Å²) in [5.74, 6) is 2.42. The van der Waals surface area contributed by atoms with E-state index in [1.807, 2.05) is 12.1 Å². The first kappa shape index (κ1) is 25.8. The Morgan fingerprint density at radius 1 is 1.17 bits per heavy atom. The lowest BCUT2D eigenvalue weighted by Crippen LogP contribution is -2.38. The highest BCUT2D eigenvalue weighted by Gasteiger charge is 2.24. The molecule has 7 heteroatoms. The lowest BCUT2D eigenvalue weighted by Gasteiger charge is -2.21. The number of unbranched alkanes of at least 4 members (excludes halogenated alkanes) is 1. The molecule has 2 N–H and O–H groups in total. The van der Waals surface area contributed by atoms with E-state index in [1.54, 1.807) is 7.11 Å². The van der Waals surface area contributed by atoms with Crippen LogP contribution in [-0.2, 0) is 4.74 Å². The van der Waals surface area contributed by atoms with Gasteiger partial charge in [-0.1, -0.05) is 25.5 Å². The summed E-state index contributed by atoms with van der Waals surface area (Å²) in [5, 5.41) is 6.77. The van der Waals surface area contributed by atoms with Crippen molar-refractivity contribution in [1.82, 2.24) is 10.6 Å². The maximum atomic E-state index is 5.61. The molecule has 1 aliphatic rings. The van der Waals surface area contributed by atoms with Gasteiger partial charge >= 0.3 is 0 Å². The molecule has 0 saturated carbocycles. The van der Waals surface area contributed by atoms with Gasteiger partial charge in [-0.15, -0.1) is 24.0 Å². The quantitative estimate of drug-likeness (QED) is 0.190. The molecule has 0 spiro atoms. The minimum atomic E-state index is 0. The van der Waals surface area contributed by atoms with Crippen LogP contribution < -0.4 is 20.3 Å². The fourth-order valence-electron chi connectivity index (χ4n) is 3.38. The van der Waals surface area contributed by atoms with Crippen LogP contribution in [0.1, 0.15) is 39.5 Å². The van der Waals surface area contributed by atoms with Crippen LogP contribution in [0.2, 0.25) is 0 Å². The SMILES string of the molecule is CCCCOCCCNC(=NCC1CCN(c2ccccc2OC)C1)NCC.I. The van der Waals surface area contributed by atoms with E-state index in [1.165, 1.54) is 12.1 Å². The van der Waals surface area contributed by atoms with E-state index < -0.39 is 0 Å². The number of ether oxygens (including phenoxy) is 2. The van der Waals surface area contributed by atoms with Gasteiger partial charge in [-0.2, -0.15) is 0 Å². The number of nitrogens with one attached hydrogen (secondary N) is 2. The molecule has 1 aromatic rings. The predicted molar refractivity (Wildman–Crippen MR) is 133 cm³/mol. The lowest BCUT2D eigenvalue weighted by molar-refractivity contribution is 0.129. The highest BCUT2D eigenvalue weighted by molar-refractivity contribution is 14.0. The Kier molecular flexibility index (Phi) is 13.9. The molecule has 0 aliphatic carbocycles. The fraction of sp³-hybridized carbons (Fsp3) is 0.682. The summed E-state index contributed by atoms with van der Waals surface area (Å²) in [4.78, 5) is 7.22. The van der Waals surface area contributed by atoms with Crippen LogP contribution in [0.5, 0.6) is 5.75 Å². The number of hydrogen-bond acceptors (Lipinski definition) is 4. The molecule has 0 amide bonds. The van der Waals surface area contributed by atoms with Crippen molar-refractivity contribution in [1.29, 1.82) is 0 Å². The number of benzene rings is 1. The van der Waals surface area contributed by atoms with E-state index in [9.17, 15) is 0 Å². The van der Waals surface area contributed by atoms with Gasteiger partial charge in [-0.3, -0.25) is 4.99 Å². The van der Waals surface area contributed by atoms with Crippen LogP contribution in [0, 0.1) is 5.92 Å². The zero-order valence-electron chi connectivity index (χ0n) is 18.3. The molecule has 6 nitrogen and oxygen atoms in total. The van der Waals surface area contributed by atoms with Gasteiger partial charge < -0.3 is 25.0 Å². The Bertz CT molecular complexity index is 586. The Balaban J connectivity index is 0.00000420. The number of guanidine groups is 1. The van der Waals surface area contributed by atoms with Crippen molar-refractivity contribution in [2.45, 2.75) is 39.5 Å². The zero-order valence-corrected chi connectivity index (χ0v) is 20.6. The number of rotatable bonds is 12. The lowest BCUT2D eigenvalue weighted by atomic mass is 10.1. The minimum absolute atomic E-state index is 0.